The first kappa shape index (κ1) is 11.0. The van der Waals surface area contributed by atoms with E-state index < -0.39 is 0 Å². The summed E-state index contributed by atoms with van der Waals surface area (Å²) in [6.45, 7) is 5.40. The van der Waals surface area contributed by atoms with Crippen molar-refractivity contribution in [2.24, 2.45) is 5.92 Å². The van der Waals surface area contributed by atoms with E-state index in [-0.39, 0.29) is 0 Å². The van der Waals surface area contributed by atoms with Crippen molar-refractivity contribution in [3.8, 4) is 0 Å². The second-order valence-corrected chi connectivity index (χ2v) is 5.45. The maximum absolute atomic E-state index is 4.26. The molecule has 1 unspecified atom stereocenters. The van der Waals surface area contributed by atoms with Gasteiger partial charge in [-0.2, -0.15) is 0 Å². The van der Waals surface area contributed by atoms with Crippen LogP contribution in [-0.2, 0) is 6.42 Å². The first-order valence-corrected chi connectivity index (χ1v) is 6.67. The molecule has 2 rings (SSSR count). The standard InChI is InChI=1S/C11H19N3S/c1-3-6-12-8(2)11-14-13-10(15-11)7-9-4-5-9/h8-9,12H,3-7H2,1-2H3. The molecule has 1 heterocycles. The molecule has 1 aromatic heterocycles. The number of hydrogen-bond donors (Lipinski definition) is 1. The summed E-state index contributed by atoms with van der Waals surface area (Å²) in [5.74, 6) is 0.907. The van der Waals surface area contributed by atoms with Crippen LogP contribution in [0.3, 0.4) is 0 Å². The average Bonchev–Trinajstić information content (AvgIpc) is 2.91. The first-order valence-electron chi connectivity index (χ1n) is 5.85. The minimum atomic E-state index is 0.357. The Balaban J connectivity index is 1.86. The predicted octanol–water partition coefficient (Wildman–Crippen LogP) is 2.55. The quantitative estimate of drug-likeness (QED) is 0.808. The second-order valence-electron chi connectivity index (χ2n) is 4.36. The Morgan fingerprint density at radius 2 is 2.27 bits per heavy atom. The molecule has 1 atom stereocenters. The molecule has 0 aromatic carbocycles. The highest BCUT2D eigenvalue weighted by molar-refractivity contribution is 7.11. The summed E-state index contributed by atoms with van der Waals surface area (Å²) in [7, 11) is 0. The fraction of sp³-hybridized carbons (Fsp3) is 0.818. The third-order valence-electron chi connectivity index (χ3n) is 2.71. The van der Waals surface area contributed by atoms with E-state index in [4.69, 9.17) is 0 Å². The molecule has 1 fully saturated rings. The van der Waals surface area contributed by atoms with Gasteiger partial charge in [-0.3, -0.25) is 0 Å². The summed E-state index contributed by atoms with van der Waals surface area (Å²) in [6, 6.07) is 0.357. The fourth-order valence-corrected chi connectivity index (χ4v) is 2.52. The lowest BCUT2D eigenvalue weighted by Gasteiger charge is -2.08. The zero-order valence-electron chi connectivity index (χ0n) is 9.49. The predicted molar refractivity (Wildman–Crippen MR) is 63.0 cm³/mol. The van der Waals surface area contributed by atoms with Gasteiger partial charge >= 0.3 is 0 Å². The number of nitrogens with zero attached hydrogens (tertiary/aromatic N) is 2. The molecule has 1 N–H and O–H groups in total. The largest absolute Gasteiger partial charge is 0.308 e. The Bertz CT molecular complexity index is 307. The summed E-state index contributed by atoms with van der Waals surface area (Å²) in [4.78, 5) is 0. The zero-order valence-corrected chi connectivity index (χ0v) is 10.3. The molecule has 4 heteroatoms. The van der Waals surface area contributed by atoms with Crippen molar-refractivity contribution in [1.29, 1.82) is 0 Å². The van der Waals surface area contributed by atoms with Gasteiger partial charge in [0, 0.05) is 6.42 Å². The smallest absolute Gasteiger partial charge is 0.134 e. The molecular formula is C11H19N3S. The summed E-state index contributed by atoms with van der Waals surface area (Å²) in [5.41, 5.74) is 0. The highest BCUT2D eigenvalue weighted by Gasteiger charge is 2.23. The van der Waals surface area contributed by atoms with Crippen LogP contribution in [0.2, 0.25) is 0 Å². The van der Waals surface area contributed by atoms with Gasteiger partial charge in [-0.05, 0) is 38.6 Å². The van der Waals surface area contributed by atoms with Gasteiger partial charge in [0.2, 0.25) is 0 Å². The third-order valence-corrected chi connectivity index (χ3v) is 3.84. The van der Waals surface area contributed by atoms with Crippen LogP contribution in [0.4, 0.5) is 0 Å². The minimum Gasteiger partial charge on any atom is -0.308 e. The number of hydrogen-bond acceptors (Lipinski definition) is 4. The molecule has 0 saturated heterocycles. The van der Waals surface area contributed by atoms with E-state index in [0.717, 1.165) is 30.3 Å². The van der Waals surface area contributed by atoms with E-state index in [1.54, 1.807) is 11.3 Å². The van der Waals surface area contributed by atoms with Gasteiger partial charge in [-0.25, -0.2) is 0 Å². The summed E-state index contributed by atoms with van der Waals surface area (Å²) in [5, 5.41) is 14.3. The first-order chi connectivity index (χ1) is 7.29. The van der Waals surface area contributed by atoms with E-state index in [0.29, 0.717) is 6.04 Å². The fourth-order valence-electron chi connectivity index (χ4n) is 1.54. The molecular weight excluding hydrogens is 206 g/mol. The molecule has 15 heavy (non-hydrogen) atoms. The van der Waals surface area contributed by atoms with E-state index in [1.807, 2.05) is 0 Å². The Morgan fingerprint density at radius 3 is 2.93 bits per heavy atom. The Labute approximate surface area is 95.3 Å². The van der Waals surface area contributed by atoms with E-state index in [9.17, 15) is 0 Å². The molecule has 0 amide bonds. The van der Waals surface area contributed by atoms with Crippen molar-refractivity contribution in [2.45, 2.75) is 45.6 Å². The van der Waals surface area contributed by atoms with Crippen LogP contribution in [0.1, 0.15) is 49.2 Å². The zero-order chi connectivity index (χ0) is 10.7. The maximum Gasteiger partial charge on any atom is 0.134 e. The van der Waals surface area contributed by atoms with Gasteiger partial charge in [0.15, 0.2) is 0 Å². The average molecular weight is 225 g/mol. The highest BCUT2D eigenvalue weighted by Crippen LogP contribution is 2.33. The van der Waals surface area contributed by atoms with Crippen molar-refractivity contribution in [3.05, 3.63) is 10.0 Å². The molecule has 0 bridgehead atoms. The van der Waals surface area contributed by atoms with Crippen LogP contribution in [0.25, 0.3) is 0 Å². The topological polar surface area (TPSA) is 37.8 Å². The molecule has 1 aliphatic rings. The SMILES string of the molecule is CCCNC(C)c1nnc(CC2CC2)s1. The summed E-state index contributed by atoms with van der Waals surface area (Å²) in [6.07, 6.45) is 5.09. The molecule has 1 aliphatic carbocycles. The van der Waals surface area contributed by atoms with Gasteiger partial charge in [0.05, 0.1) is 6.04 Å². The molecule has 0 aliphatic heterocycles. The van der Waals surface area contributed by atoms with E-state index >= 15 is 0 Å². The molecule has 3 nitrogen and oxygen atoms in total. The molecule has 0 radical (unpaired) electrons. The lowest BCUT2D eigenvalue weighted by Crippen LogP contribution is -2.18. The van der Waals surface area contributed by atoms with Crippen LogP contribution in [0, 0.1) is 5.92 Å². The van der Waals surface area contributed by atoms with Gasteiger partial charge in [-0.1, -0.05) is 18.3 Å². The summed E-state index contributed by atoms with van der Waals surface area (Å²) < 4.78 is 0. The van der Waals surface area contributed by atoms with Crippen LogP contribution >= 0.6 is 11.3 Å². The monoisotopic (exact) mass is 225 g/mol. The highest BCUT2D eigenvalue weighted by atomic mass is 32.1. The van der Waals surface area contributed by atoms with Crippen molar-refractivity contribution in [3.63, 3.8) is 0 Å². The second kappa shape index (κ2) is 5.03. The van der Waals surface area contributed by atoms with Gasteiger partial charge in [0.25, 0.3) is 0 Å². The van der Waals surface area contributed by atoms with Gasteiger partial charge < -0.3 is 5.32 Å². The molecule has 1 aromatic rings. The van der Waals surface area contributed by atoms with Crippen molar-refractivity contribution >= 4 is 11.3 Å². The lowest BCUT2D eigenvalue weighted by atomic mass is 10.3. The van der Waals surface area contributed by atoms with Crippen molar-refractivity contribution in [1.82, 2.24) is 15.5 Å². The Kier molecular flexibility index (Phi) is 3.70. The maximum atomic E-state index is 4.26. The Morgan fingerprint density at radius 1 is 1.47 bits per heavy atom. The van der Waals surface area contributed by atoms with Crippen molar-refractivity contribution in [2.75, 3.05) is 6.54 Å². The van der Waals surface area contributed by atoms with Crippen molar-refractivity contribution < 1.29 is 0 Å². The molecule has 84 valence electrons. The van der Waals surface area contributed by atoms with Crippen LogP contribution < -0.4 is 5.32 Å². The Hall–Kier alpha value is -0.480. The number of rotatable bonds is 6. The molecule has 0 spiro atoms. The lowest BCUT2D eigenvalue weighted by molar-refractivity contribution is 0.564. The van der Waals surface area contributed by atoms with Gasteiger partial charge in [0.1, 0.15) is 10.0 Å². The van der Waals surface area contributed by atoms with Gasteiger partial charge in [-0.15, -0.1) is 10.2 Å². The normalized spacial score (nSPS) is 18.0. The summed E-state index contributed by atoms with van der Waals surface area (Å²) >= 11 is 1.78. The van der Waals surface area contributed by atoms with Crippen LogP contribution in [0.15, 0.2) is 0 Å². The molecule has 1 saturated carbocycles. The minimum absolute atomic E-state index is 0.357. The van der Waals surface area contributed by atoms with Crippen LogP contribution in [0.5, 0.6) is 0 Å². The van der Waals surface area contributed by atoms with Crippen LogP contribution in [-0.4, -0.2) is 16.7 Å². The third kappa shape index (κ3) is 3.24. The van der Waals surface area contributed by atoms with E-state index in [2.05, 4.69) is 29.4 Å². The number of aromatic nitrogens is 2. The number of nitrogens with one attached hydrogen (secondary N) is 1. The van der Waals surface area contributed by atoms with E-state index in [1.165, 1.54) is 17.8 Å².